The first-order valence-corrected chi connectivity index (χ1v) is 14.5. The highest BCUT2D eigenvalue weighted by molar-refractivity contribution is 6.05. The normalized spacial score (nSPS) is 23.7. The number of hydrogen-bond acceptors (Lipinski definition) is 6. The van der Waals surface area contributed by atoms with E-state index >= 15 is 0 Å². The fraction of sp³-hybridized carbons (Fsp3) is 0.667. The third-order valence-electron chi connectivity index (χ3n) is 8.73. The number of likely N-dealkylation sites (tertiary alicyclic amines) is 2. The third kappa shape index (κ3) is 6.45. The standard InChI is InChI=1S/C30H42N4O5/c1-30(2,3)39-29(38)33-16-9-20(10-17-33)8-13-32-14-11-21(12-15-32)22-4-5-24-23(18-22)19-34(28(24)37)25-6-7-26(35)31-27(25)36/h4-5,18,20-21,25H,6-17,19H2,1-3H3,(H,31,35,36). The fourth-order valence-corrected chi connectivity index (χ4v) is 6.43. The zero-order valence-electron chi connectivity index (χ0n) is 23.5. The number of imide groups is 1. The van der Waals surface area contributed by atoms with Gasteiger partial charge >= 0.3 is 6.09 Å². The van der Waals surface area contributed by atoms with E-state index in [4.69, 9.17) is 4.74 Å². The quantitative estimate of drug-likeness (QED) is 0.575. The summed E-state index contributed by atoms with van der Waals surface area (Å²) in [7, 11) is 0. The molecule has 39 heavy (non-hydrogen) atoms. The van der Waals surface area contributed by atoms with Crippen molar-refractivity contribution in [3.8, 4) is 0 Å². The molecule has 0 spiro atoms. The Labute approximate surface area is 231 Å². The lowest BCUT2D eigenvalue weighted by atomic mass is 9.87. The second kappa shape index (κ2) is 11.3. The zero-order chi connectivity index (χ0) is 27.7. The molecule has 5 rings (SSSR count). The van der Waals surface area contributed by atoms with Crippen LogP contribution >= 0.6 is 0 Å². The van der Waals surface area contributed by atoms with E-state index in [2.05, 4.69) is 22.3 Å². The first kappa shape index (κ1) is 27.6. The number of rotatable bonds is 5. The second-order valence-electron chi connectivity index (χ2n) is 12.6. The van der Waals surface area contributed by atoms with E-state index in [1.165, 1.54) is 12.0 Å². The van der Waals surface area contributed by atoms with E-state index in [0.29, 0.717) is 30.4 Å². The molecule has 1 aromatic rings. The first-order valence-electron chi connectivity index (χ1n) is 14.5. The molecule has 0 aromatic heterocycles. The van der Waals surface area contributed by atoms with Gasteiger partial charge < -0.3 is 19.4 Å². The molecule has 4 heterocycles. The number of carbonyl (C=O) groups excluding carboxylic acids is 4. The largest absolute Gasteiger partial charge is 0.444 e. The first-order chi connectivity index (χ1) is 18.6. The maximum Gasteiger partial charge on any atom is 0.410 e. The van der Waals surface area contributed by atoms with Gasteiger partial charge in [0, 0.05) is 31.6 Å². The van der Waals surface area contributed by atoms with Crippen LogP contribution in [0.2, 0.25) is 0 Å². The maximum atomic E-state index is 13.0. The van der Waals surface area contributed by atoms with Crippen molar-refractivity contribution in [1.29, 1.82) is 0 Å². The minimum absolute atomic E-state index is 0.113. The summed E-state index contributed by atoms with van der Waals surface area (Å²) >= 11 is 0. The molecule has 1 N–H and O–H groups in total. The van der Waals surface area contributed by atoms with Crippen molar-refractivity contribution in [3.05, 3.63) is 34.9 Å². The van der Waals surface area contributed by atoms with Gasteiger partial charge in [-0.2, -0.15) is 0 Å². The molecular weight excluding hydrogens is 496 g/mol. The van der Waals surface area contributed by atoms with E-state index in [1.807, 2.05) is 31.7 Å². The van der Waals surface area contributed by atoms with Crippen LogP contribution in [0, 0.1) is 5.92 Å². The van der Waals surface area contributed by atoms with E-state index < -0.39 is 11.6 Å². The minimum atomic E-state index is -0.571. The Hall–Kier alpha value is -2.94. The van der Waals surface area contributed by atoms with E-state index in [0.717, 1.165) is 64.0 Å². The van der Waals surface area contributed by atoms with Gasteiger partial charge in [-0.25, -0.2) is 4.79 Å². The summed E-state index contributed by atoms with van der Waals surface area (Å²) in [6.07, 6.45) is 5.91. The highest BCUT2D eigenvalue weighted by Crippen LogP contribution is 2.34. The Balaban J connectivity index is 1.07. The Bertz CT molecular complexity index is 1110. The molecule has 9 nitrogen and oxygen atoms in total. The van der Waals surface area contributed by atoms with E-state index in [9.17, 15) is 19.2 Å². The molecule has 4 aliphatic rings. The summed E-state index contributed by atoms with van der Waals surface area (Å²) in [5.41, 5.74) is 2.50. The van der Waals surface area contributed by atoms with Gasteiger partial charge in [-0.15, -0.1) is 0 Å². The van der Waals surface area contributed by atoms with E-state index in [-0.39, 0.29) is 30.2 Å². The maximum absolute atomic E-state index is 13.0. The zero-order valence-corrected chi connectivity index (χ0v) is 23.5. The topological polar surface area (TPSA) is 99.3 Å². The van der Waals surface area contributed by atoms with Crippen molar-refractivity contribution in [3.63, 3.8) is 0 Å². The number of hydrogen-bond donors (Lipinski definition) is 1. The molecule has 1 atom stereocenters. The van der Waals surface area contributed by atoms with Gasteiger partial charge in [0.25, 0.3) is 5.91 Å². The molecule has 3 saturated heterocycles. The van der Waals surface area contributed by atoms with Crippen LogP contribution < -0.4 is 5.32 Å². The predicted molar refractivity (Wildman–Crippen MR) is 146 cm³/mol. The Morgan fingerprint density at radius 3 is 2.38 bits per heavy atom. The smallest absolute Gasteiger partial charge is 0.410 e. The number of carbonyl (C=O) groups is 4. The number of amides is 4. The Morgan fingerprint density at radius 2 is 1.72 bits per heavy atom. The van der Waals surface area contributed by atoms with Crippen molar-refractivity contribution < 1.29 is 23.9 Å². The predicted octanol–water partition coefficient (Wildman–Crippen LogP) is 3.66. The number of nitrogens with one attached hydrogen (secondary N) is 1. The fourth-order valence-electron chi connectivity index (χ4n) is 6.43. The molecule has 0 radical (unpaired) electrons. The van der Waals surface area contributed by atoms with Crippen molar-refractivity contribution in [2.45, 2.75) is 89.8 Å². The second-order valence-corrected chi connectivity index (χ2v) is 12.6. The van der Waals surface area contributed by atoms with Crippen LogP contribution in [-0.4, -0.2) is 82.9 Å². The minimum Gasteiger partial charge on any atom is -0.444 e. The highest BCUT2D eigenvalue weighted by atomic mass is 16.6. The Morgan fingerprint density at radius 1 is 1.00 bits per heavy atom. The molecule has 0 saturated carbocycles. The highest BCUT2D eigenvalue weighted by Gasteiger charge is 2.39. The van der Waals surface area contributed by atoms with Gasteiger partial charge in [0.2, 0.25) is 11.8 Å². The summed E-state index contributed by atoms with van der Waals surface area (Å²) in [4.78, 5) is 55.2. The summed E-state index contributed by atoms with van der Waals surface area (Å²) in [6.45, 7) is 11.0. The van der Waals surface area contributed by atoms with Crippen LogP contribution in [0.15, 0.2) is 18.2 Å². The van der Waals surface area contributed by atoms with Crippen LogP contribution in [0.4, 0.5) is 4.79 Å². The van der Waals surface area contributed by atoms with Crippen molar-refractivity contribution in [2.24, 2.45) is 5.92 Å². The molecule has 0 aliphatic carbocycles. The molecule has 4 aliphatic heterocycles. The monoisotopic (exact) mass is 538 g/mol. The summed E-state index contributed by atoms with van der Waals surface area (Å²) in [6, 6.07) is 5.61. The molecule has 212 valence electrons. The average molecular weight is 539 g/mol. The number of ether oxygens (including phenoxy) is 1. The van der Waals surface area contributed by atoms with Crippen LogP contribution in [0.1, 0.15) is 93.1 Å². The molecule has 9 heteroatoms. The number of fused-ring (bicyclic) bond motifs is 1. The lowest BCUT2D eigenvalue weighted by Gasteiger charge is -2.36. The Kier molecular flexibility index (Phi) is 7.99. The van der Waals surface area contributed by atoms with Gasteiger partial charge in [0.05, 0.1) is 0 Å². The van der Waals surface area contributed by atoms with Crippen LogP contribution in [0.25, 0.3) is 0 Å². The SMILES string of the molecule is CC(C)(C)OC(=O)N1CCC(CCN2CCC(c3ccc4c(c3)CN(C3CCC(=O)NC3=O)C4=O)CC2)CC1. The van der Waals surface area contributed by atoms with Gasteiger partial charge in [0.15, 0.2) is 0 Å². The number of piperidine rings is 3. The van der Waals surface area contributed by atoms with E-state index in [1.54, 1.807) is 4.90 Å². The summed E-state index contributed by atoms with van der Waals surface area (Å²) in [5.74, 6) is 0.385. The number of benzene rings is 1. The lowest BCUT2D eigenvalue weighted by Crippen LogP contribution is -2.52. The van der Waals surface area contributed by atoms with Crippen LogP contribution in [0.5, 0.6) is 0 Å². The van der Waals surface area contributed by atoms with Crippen molar-refractivity contribution in [2.75, 3.05) is 32.7 Å². The summed E-state index contributed by atoms with van der Waals surface area (Å²) < 4.78 is 5.52. The summed E-state index contributed by atoms with van der Waals surface area (Å²) in [5, 5.41) is 2.37. The van der Waals surface area contributed by atoms with Crippen molar-refractivity contribution >= 4 is 23.8 Å². The molecular formula is C30H42N4O5. The third-order valence-corrected chi connectivity index (χ3v) is 8.73. The lowest BCUT2D eigenvalue weighted by molar-refractivity contribution is -0.136. The number of nitrogens with zero attached hydrogens (tertiary/aromatic N) is 3. The van der Waals surface area contributed by atoms with Gasteiger partial charge in [-0.3, -0.25) is 19.7 Å². The van der Waals surface area contributed by atoms with Crippen LogP contribution in [-0.2, 0) is 20.9 Å². The van der Waals surface area contributed by atoms with Crippen LogP contribution in [0.3, 0.4) is 0 Å². The molecule has 0 bridgehead atoms. The molecule has 4 amide bonds. The molecule has 1 unspecified atom stereocenters. The average Bonchev–Trinajstić information content (AvgIpc) is 3.22. The van der Waals surface area contributed by atoms with Crippen molar-refractivity contribution in [1.82, 2.24) is 20.0 Å². The molecule has 3 fully saturated rings. The van der Waals surface area contributed by atoms with Gasteiger partial charge in [-0.1, -0.05) is 12.1 Å². The van der Waals surface area contributed by atoms with Gasteiger partial charge in [0.1, 0.15) is 11.6 Å². The van der Waals surface area contributed by atoms with Gasteiger partial charge in [-0.05, 0) is 108 Å². The molecule has 1 aromatic carbocycles.